The zero-order chi connectivity index (χ0) is 21.6. The Morgan fingerprint density at radius 3 is 2.32 bits per heavy atom. The number of aryl methyl sites for hydroxylation is 1. The molecule has 31 heavy (non-hydrogen) atoms. The van der Waals surface area contributed by atoms with E-state index in [0.717, 1.165) is 47.3 Å². The lowest BCUT2D eigenvalue weighted by molar-refractivity contribution is 0.133. The minimum atomic E-state index is -0.0853. The van der Waals surface area contributed by atoms with Gasteiger partial charge in [-0.15, -0.1) is 0 Å². The molecule has 4 atom stereocenters. The normalized spacial score (nSPS) is 26.4. The summed E-state index contributed by atoms with van der Waals surface area (Å²) in [7, 11) is 0. The van der Waals surface area contributed by atoms with E-state index in [1.807, 2.05) is 19.1 Å². The maximum Gasteiger partial charge on any atom is 0.127 e. The lowest BCUT2D eigenvalue weighted by Gasteiger charge is -2.41. The first-order valence-corrected chi connectivity index (χ1v) is 12.3. The van der Waals surface area contributed by atoms with Gasteiger partial charge in [-0.05, 0) is 117 Å². The highest BCUT2D eigenvalue weighted by molar-refractivity contribution is 5.64. The molecule has 0 radical (unpaired) electrons. The van der Waals surface area contributed by atoms with Crippen molar-refractivity contribution in [2.75, 3.05) is 0 Å². The van der Waals surface area contributed by atoms with Gasteiger partial charge in [0.25, 0.3) is 0 Å². The third-order valence-corrected chi connectivity index (χ3v) is 7.70. The van der Waals surface area contributed by atoms with Crippen molar-refractivity contribution in [1.29, 1.82) is 0 Å². The average Bonchev–Trinajstić information content (AvgIpc) is 2.80. The molecule has 0 bridgehead atoms. The Morgan fingerprint density at radius 2 is 1.58 bits per heavy atom. The second kappa shape index (κ2) is 10.4. The Kier molecular flexibility index (Phi) is 7.43. The fourth-order valence-corrected chi connectivity index (χ4v) is 5.96. The summed E-state index contributed by atoms with van der Waals surface area (Å²) < 4.78 is 14.5. The highest BCUT2D eigenvalue weighted by Gasteiger charge is 2.35. The van der Waals surface area contributed by atoms with Crippen molar-refractivity contribution in [1.82, 2.24) is 0 Å². The van der Waals surface area contributed by atoms with Gasteiger partial charge in [0, 0.05) is 0 Å². The van der Waals surface area contributed by atoms with Gasteiger partial charge in [0.1, 0.15) is 5.82 Å². The first kappa shape index (κ1) is 22.1. The summed E-state index contributed by atoms with van der Waals surface area (Å²) in [5, 5.41) is 0. The second-order valence-corrected chi connectivity index (χ2v) is 9.66. The molecular formula is C30H37F. The van der Waals surface area contributed by atoms with E-state index in [1.165, 1.54) is 44.1 Å². The minimum Gasteiger partial charge on any atom is -0.207 e. The number of allylic oxidation sites excluding steroid dienone is 4. The van der Waals surface area contributed by atoms with Crippen LogP contribution >= 0.6 is 0 Å². The maximum atomic E-state index is 14.5. The van der Waals surface area contributed by atoms with Gasteiger partial charge in [-0.25, -0.2) is 4.39 Å². The van der Waals surface area contributed by atoms with Crippen molar-refractivity contribution in [3.8, 4) is 11.1 Å². The van der Waals surface area contributed by atoms with Crippen LogP contribution in [0, 0.1) is 23.6 Å². The summed E-state index contributed by atoms with van der Waals surface area (Å²) in [6, 6.07) is 14.7. The molecule has 0 amide bonds. The molecule has 0 aliphatic heterocycles. The molecule has 2 fully saturated rings. The molecule has 0 nitrogen and oxygen atoms in total. The predicted octanol–water partition coefficient (Wildman–Crippen LogP) is 8.88. The first-order valence-electron chi connectivity index (χ1n) is 12.3. The predicted molar refractivity (Wildman–Crippen MR) is 131 cm³/mol. The molecule has 0 heterocycles. The molecule has 0 N–H and O–H groups in total. The van der Waals surface area contributed by atoms with E-state index in [2.05, 4.69) is 55.5 Å². The topological polar surface area (TPSA) is 0 Å². The van der Waals surface area contributed by atoms with Gasteiger partial charge in [-0.1, -0.05) is 60.7 Å². The molecule has 0 aromatic heterocycles. The van der Waals surface area contributed by atoms with Crippen molar-refractivity contribution in [2.24, 2.45) is 17.8 Å². The first-order chi connectivity index (χ1) is 15.2. The fourth-order valence-electron chi connectivity index (χ4n) is 5.96. The van der Waals surface area contributed by atoms with E-state index < -0.39 is 0 Å². The molecule has 2 saturated carbocycles. The van der Waals surface area contributed by atoms with E-state index in [-0.39, 0.29) is 5.82 Å². The van der Waals surface area contributed by atoms with Crippen LogP contribution in [0.4, 0.5) is 4.39 Å². The number of rotatable bonds is 6. The molecular weight excluding hydrogens is 379 g/mol. The molecule has 164 valence electrons. The number of fused-ring (bicyclic) bond motifs is 1. The van der Waals surface area contributed by atoms with E-state index >= 15 is 0 Å². The number of hydrogen-bond acceptors (Lipinski definition) is 0. The molecule has 2 aliphatic carbocycles. The van der Waals surface area contributed by atoms with Gasteiger partial charge in [0.05, 0.1) is 0 Å². The van der Waals surface area contributed by atoms with Crippen LogP contribution in [0.2, 0.25) is 0 Å². The van der Waals surface area contributed by atoms with Crippen LogP contribution in [-0.2, 0) is 6.42 Å². The van der Waals surface area contributed by atoms with Crippen LogP contribution in [0.15, 0.2) is 66.8 Å². The Hall–Kier alpha value is -2.15. The van der Waals surface area contributed by atoms with Crippen LogP contribution in [0.1, 0.15) is 75.8 Å². The van der Waals surface area contributed by atoms with Crippen LogP contribution in [-0.4, -0.2) is 0 Å². The molecule has 4 unspecified atom stereocenters. The van der Waals surface area contributed by atoms with Crippen LogP contribution in [0.3, 0.4) is 0 Å². The van der Waals surface area contributed by atoms with E-state index in [9.17, 15) is 4.39 Å². The van der Waals surface area contributed by atoms with Gasteiger partial charge < -0.3 is 0 Å². The van der Waals surface area contributed by atoms with Crippen LogP contribution in [0.5, 0.6) is 0 Å². The molecule has 2 aromatic carbocycles. The lowest BCUT2D eigenvalue weighted by Crippen LogP contribution is -2.30. The van der Waals surface area contributed by atoms with Crippen molar-refractivity contribution < 1.29 is 4.39 Å². The maximum absolute atomic E-state index is 14.5. The molecule has 0 saturated heterocycles. The standard InChI is InChI=1S/C30H37F/c1-3-5-6-8-25-15-16-29(21-30(25)31)24-13-11-23(12-14-24)27-18-17-26-19-22(7-4-2)9-10-28(26)20-27/h3-5,7,11-16,21-22,26-28H,6,8-10,17-20H2,1-2H3/b5-3+,7-4+. The quantitative estimate of drug-likeness (QED) is 0.412. The van der Waals surface area contributed by atoms with Crippen molar-refractivity contribution in [3.05, 3.63) is 83.7 Å². The van der Waals surface area contributed by atoms with E-state index in [0.29, 0.717) is 5.92 Å². The summed E-state index contributed by atoms with van der Waals surface area (Å²) in [5.74, 6) is 3.26. The minimum absolute atomic E-state index is 0.0853. The smallest absolute Gasteiger partial charge is 0.127 e. The van der Waals surface area contributed by atoms with Crippen molar-refractivity contribution in [2.45, 2.75) is 71.1 Å². The third-order valence-electron chi connectivity index (χ3n) is 7.70. The van der Waals surface area contributed by atoms with Gasteiger partial charge in [-0.2, -0.15) is 0 Å². The molecule has 2 aromatic rings. The third kappa shape index (κ3) is 5.37. The summed E-state index contributed by atoms with van der Waals surface area (Å²) in [4.78, 5) is 0. The van der Waals surface area contributed by atoms with Gasteiger partial charge in [0.2, 0.25) is 0 Å². The van der Waals surface area contributed by atoms with Crippen molar-refractivity contribution in [3.63, 3.8) is 0 Å². The second-order valence-electron chi connectivity index (χ2n) is 9.66. The summed E-state index contributed by atoms with van der Waals surface area (Å²) in [6.45, 7) is 4.16. The molecule has 0 spiro atoms. The van der Waals surface area contributed by atoms with Gasteiger partial charge in [-0.3, -0.25) is 0 Å². The number of benzene rings is 2. The molecule has 2 aliphatic rings. The highest BCUT2D eigenvalue weighted by Crippen LogP contribution is 2.48. The molecule has 1 heteroatoms. The van der Waals surface area contributed by atoms with Gasteiger partial charge in [0.15, 0.2) is 0 Å². The summed E-state index contributed by atoms with van der Waals surface area (Å²) >= 11 is 0. The zero-order valence-electron chi connectivity index (χ0n) is 19.2. The summed E-state index contributed by atoms with van der Waals surface area (Å²) in [6.07, 6.45) is 18.6. The largest absolute Gasteiger partial charge is 0.207 e. The summed E-state index contributed by atoms with van der Waals surface area (Å²) in [5.41, 5.74) is 4.37. The van der Waals surface area contributed by atoms with E-state index in [1.54, 1.807) is 6.07 Å². The lowest BCUT2D eigenvalue weighted by atomic mass is 9.64. The number of halogens is 1. The van der Waals surface area contributed by atoms with Crippen LogP contribution in [0.25, 0.3) is 11.1 Å². The Balaban J connectivity index is 1.39. The number of hydrogen-bond donors (Lipinski definition) is 0. The average molecular weight is 417 g/mol. The Morgan fingerprint density at radius 1 is 0.839 bits per heavy atom. The molecule has 4 rings (SSSR count). The van der Waals surface area contributed by atoms with Crippen molar-refractivity contribution >= 4 is 0 Å². The van der Waals surface area contributed by atoms with E-state index in [4.69, 9.17) is 0 Å². The Labute approximate surface area is 188 Å². The van der Waals surface area contributed by atoms with Gasteiger partial charge >= 0.3 is 0 Å². The highest BCUT2D eigenvalue weighted by atomic mass is 19.1. The monoisotopic (exact) mass is 416 g/mol. The SMILES string of the molecule is C/C=C/CCc1ccc(-c2ccc(C3CCC4CC(/C=C/C)CCC4C3)cc2)cc1F. The Bertz CT molecular complexity index is 905. The zero-order valence-corrected chi connectivity index (χ0v) is 19.2. The fraction of sp³-hybridized carbons (Fsp3) is 0.467. The van der Waals surface area contributed by atoms with Crippen LogP contribution < -0.4 is 0 Å².